The first-order chi connectivity index (χ1) is 13.7. The Bertz CT molecular complexity index is 876. The fraction of sp³-hybridized carbons (Fsp3) is 0.556. The molecule has 4 aliphatic rings. The second-order valence-electron chi connectivity index (χ2n) is 10.3. The Labute approximate surface area is 169 Å². The van der Waals surface area contributed by atoms with Crippen molar-refractivity contribution in [3.8, 4) is 5.75 Å². The first-order valence-corrected chi connectivity index (χ1v) is 11.5. The van der Waals surface area contributed by atoms with Gasteiger partial charge in [0.1, 0.15) is 12.4 Å². The Morgan fingerprint density at radius 3 is 2.57 bits per heavy atom. The lowest BCUT2D eigenvalue weighted by molar-refractivity contribution is -0.0337. The molecule has 0 radical (unpaired) electrons. The van der Waals surface area contributed by atoms with Crippen molar-refractivity contribution in [3.63, 3.8) is 0 Å². The highest BCUT2D eigenvalue weighted by atomic mass is 16.5. The molecular formula is C27H32O. The molecule has 1 heteroatoms. The minimum absolute atomic E-state index is 0.657. The molecule has 0 aromatic heterocycles. The fourth-order valence-corrected chi connectivity index (χ4v) is 8.19. The van der Waals surface area contributed by atoms with Gasteiger partial charge in [-0.15, -0.1) is 0 Å². The molecule has 1 nitrogen and oxygen atoms in total. The van der Waals surface area contributed by atoms with Crippen LogP contribution in [0, 0.1) is 22.7 Å². The van der Waals surface area contributed by atoms with Crippen molar-refractivity contribution in [1.29, 1.82) is 0 Å². The highest BCUT2D eigenvalue weighted by Crippen LogP contribution is 2.76. The average Bonchev–Trinajstić information content (AvgIpc) is 3.21. The van der Waals surface area contributed by atoms with Crippen LogP contribution in [0.15, 0.2) is 48.5 Å². The van der Waals surface area contributed by atoms with Gasteiger partial charge in [0.05, 0.1) is 0 Å². The number of hydrogen-bond donors (Lipinski definition) is 0. The van der Waals surface area contributed by atoms with Crippen molar-refractivity contribution < 1.29 is 4.74 Å². The van der Waals surface area contributed by atoms with Crippen LogP contribution in [-0.2, 0) is 13.0 Å². The van der Waals surface area contributed by atoms with Gasteiger partial charge in [-0.05, 0) is 109 Å². The summed E-state index contributed by atoms with van der Waals surface area (Å²) in [6.45, 7) is 3.33. The SMILES string of the molecule is C[C@]12CC[C@@H]3c4ccc(OCc5ccccc5)cc4CC[C@H]3[C@]13CC[C@@H]2CC3. The fourth-order valence-electron chi connectivity index (χ4n) is 8.19. The summed E-state index contributed by atoms with van der Waals surface area (Å²) in [6, 6.07) is 17.5. The van der Waals surface area contributed by atoms with Gasteiger partial charge in [0.15, 0.2) is 0 Å². The lowest BCUT2D eigenvalue weighted by atomic mass is 9.48. The first-order valence-electron chi connectivity index (χ1n) is 11.5. The maximum atomic E-state index is 6.13. The van der Waals surface area contributed by atoms with Crippen molar-refractivity contribution in [3.05, 3.63) is 65.2 Å². The monoisotopic (exact) mass is 372 g/mol. The van der Waals surface area contributed by atoms with E-state index in [0.29, 0.717) is 17.4 Å². The lowest BCUT2D eigenvalue weighted by Gasteiger charge is -2.56. The molecule has 146 valence electrons. The van der Waals surface area contributed by atoms with Gasteiger partial charge in [0.25, 0.3) is 0 Å². The summed E-state index contributed by atoms with van der Waals surface area (Å²) in [5.74, 6) is 3.81. The predicted molar refractivity (Wildman–Crippen MR) is 114 cm³/mol. The quantitative estimate of drug-likeness (QED) is 0.569. The summed E-state index contributed by atoms with van der Waals surface area (Å²) in [7, 11) is 0. The number of benzene rings is 2. The number of fused-ring (bicyclic) bond motifs is 3. The van der Waals surface area contributed by atoms with Gasteiger partial charge >= 0.3 is 0 Å². The smallest absolute Gasteiger partial charge is 0.120 e. The summed E-state index contributed by atoms with van der Waals surface area (Å²) < 4.78 is 6.13. The molecule has 3 fully saturated rings. The van der Waals surface area contributed by atoms with Crippen LogP contribution in [0.2, 0.25) is 0 Å². The Balaban J connectivity index is 1.26. The van der Waals surface area contributed by atoms with Crippen LogP contribution in [0.25, 0.3) is 0 Å². The zero-order valence-electron chi connectivity index (χ0n) is 17.1. The van der Waals surface area contributed by atoms with Gasteiger partial charge in [-0.1, -0.05) is 43.3 Å². The van der Waals surface area contributed by atoms with E-state index in [1.165, 1.54) is 56.9 Å². The maximum absolute atomic E-state index is 6.13. The summed E-state index contributed by atoms with van der Waals surface area (Å²) in [5.41, 5.74) is 5.79. The minimum Gasteiger partial charge on any atom is -0.489 e. The van der Waals surface area contributed by atoms with Gasteiger partial charge in [0.2, 0.25) is 0 Å². The second kappa shape index (κ2) is 6.12. The molecule has 0 unspecified atom stereocenters. The Hall–Kier alpha value is -1.76. The van der Waals surface area contributed by atoms with Gasteiger partial charge in [-0.25, -0.2) is 0 Å². The van der Waals surface area contributed by atoms with Crippen LogP contribution >= 0.6 is 0 Å². The van der Waals surface area contributed by atoms with Crippen molar-refractivity contribution in [2.75, 3.05) is 0 Å². The van der Waals surface area contributed by atoms with Crippen LogP contribution in [-0.4, -0.2) is 0 Å². The van der Waals surface area contributed by atoms with Gasteiger partial charge in [-0.3, -0.25) is 0 Å². The topological polar surface area (TPSA) is 9.23 Å². The molecule has 0 N–H and O–H groups in total. The van der Waals surface area contributed by atoms with E-state index in [4.69, 9.17) is 4.74 Å². The molecule has 3 atom stereocenters. The van der Waals surface area contributed by atoms with Crippen LogP contribution < -0.4 is 4.74 Å². The molecule has 0 heterocycles. The zero-order chi connectivity index (χ0) is 18.8. The van der Waals surface area contributed by atoms with E-state index in [0.717, 1.165) is 23.5 Å². The predicted octanol–water partition coefficient (Wildman–Crippen LogP) is 6.90. The molecule has 4 aliphatic carbocycles. The molecule has 0 spiro atoms. The highest BCUT2D eigenvalue weighted by Gasteiger charge is 2.67. The van der Waals surface area contributed by atoms with Crippen molar-refractivity contribution in [2.45, 2.75) is 70.8 Å². The van der Waals surface area contributed by atoms with E-state index in [9.17, 15) is 0 Å². The second-order valence-corrected chi connectivity index (χ2v) is 10.3. The van der Waals surface area contributed by atoms with Crippen LogP contribution in [0.4, 0.5) is 0 Å². The third kappa shape index (κ3) is 2.25. The number of ether oxygens (including phenoxy) is 1. The van der Waals surface area contributed by atoms with E-state index in [1.54, 1.807) is 11.1 Å². The van der Waals surface area contributed by atoms with Crippen molar-refractivity contribution in [1.82, 2.24) is 0 Å². The first kappa shape index (κ1) is 17.1. The van der Waals surface area contributed by atoms with Gasteiger partial charge < -0.3 is 4.74 Å². The third-order valence-corrected chi connectivity index (χ3v) is 9.57. The van der Waals surface area contributed by atoms with Crippen LogP contribution in [0.3, 0.4) is 0 Å². The molecule has 0 amide bonds. The molecule has 0 saturated heterocycles. The highest BCUT2D eigenvalue weighted by molar-refractivity contribution is 5.41. The lowest BCUT2D eigenvalue weighted by Crippen LogP contribution is -2.47. The average molecular weight is 373 g/mol. The minimum atomic E-state index is 0.657. The molecular weight excluding hydrogens is 340 g/mol. The molecule has 0 aliphatic heterocycles. The van der Waals surface area contributed by atoms with E-state index in [2.05, 4.69) is 55.5 Å². The van der Waals surface area contributed by atoms with Gasteiger partial charge in [-0.2, -0.15) is 0 Å². The van der Waals surface area contributed by atoms with E-state index in [-0.39, 0.29) is 0 Å². The Morgan fingerprint density at radius 2 is 1.75 bits per heavy atom. The maximum Gasteiger partial charge on any atom is 0.120 e. The van der Waals surface area contributed by atoms with Crippen molar-refractivity contribution in [2.24, 2.45) is 22.7 Å². The standard InChI is InChI=1S/C27H32O/c1-26-14-13-24-23-9-8-22(28-18-19-5-3-2-4-6-19)17-20(23)7-10-25(24)27(26)15-11-21(26)12-16-27/h2-6,8-9,17,21,24-25H,7,10-16,18H2,1H3/t21-,24-,25-,26-,27-/m1/s1. The number of hydrogen-bond acceptors (Lipinski definition) is 1. The summed E-state index contributed by atoms with van der Waals surface area (Å²) in [4.78, 5) is 0. The molecule has 2 aromatic rings. The third-order valence-electron chi connectivity index (χ3n) is 9.57. The summed E-state index contributed by atoms with van der Waals surface area (Å²) in [6.07, 6.45) is 11.6. The summed E-state index contributed by atoms with van der Waals surface area (Å²) >= 11 is 0. The van der Waals surface area contributed by atoms with Gasteiger partial charge in [0, 0.05) is 0 Å². The van der Waals surface area contributed by atoms with Crippen LogP contribution in [0.5, 0.6) is 5.75 Å². The number of rotatable bonds is 3. The molecule has 2 aromatic carbocycles. The van der Waals surface area contributed by atoms with E-state index >= 15 is 0 Å². The normalized spacial score (nSPS) is 37.8. The number of aryl methyl sites for hydroxylation is 1. The largest absolute Gasteiger partial charge is 0.489 e. The molecule has 2 bridgehead atoms. The molecule has 3 saturated carbocycles. The molecule has 28 heavy (non-hydrogen) atoms. The summed E-state index contributed by atoms with van der Waals surface area (Å²) in [5, 5.41) is 0. The molecule has 6 rings (SSSR count). The Kier molecular flexibility index (Phi) is 3.74. The van der Waals surface area contributed by atoms with E-state index < -0.39 is 0 Å². The van der Waals surface area contributed by atoms with Crippen molar-refractivity contribution >= 4 is 0 Å². The zero-order valence-corrected chi connectivity index (χ0v) is 17.1. The van der Waals surface area contributed by atoms with Crippen LogP contribution in [0.1, 0.15) is 74.5 Å². The van der Waals surface area contributed by atoms with E-state index in [1.807, 2.05) is 0 Å². The Morgan fingerprint density at radius 1 is 0.929 bits per heavy atom.